The summed E-state index contributed by atoms with van der Waals surface area (Å²) in [6.07, 6.45) is 0.997. The number of carbonyl (C=O) groups excluding carboxylic acids is 1. The largest absolute Gasteiger partial charge is 0.490 e. The third kappa shape index (κ3) is 6.04. The molecule has 0 radical (unpaired) electrons. The van der Waals surface area contributed by atoms with Gasteiger partial charge in [0.2, 0.25) is 5.91 Å². The van der Waals surface area contributed by atoms with E-state index in [1.165, 1.54) is 0 Å². The van der Waals surface area contributed by atoms with Crippen LogP contribution in [0.3, 0.4) is 0 Å². The summed E-state index contributed by atoms with van der Waals surface area (Å²) >= 11 is 0. The fraction of sp³-hybridized carbons (Fsp3) is 0.529. The van der Waals surface area contributed by atoms with Gasteiger partial charge in [0.05, 0.1) is 18.8 Å². The van der Waals surface area contributed by atoms with Crippen molar-refractivity contribution in [3.05, 3.63) is 23.8 Å². The van der Waals surface area contributed by atoms with E-state index in [9.17, 15) is 4.79 Å². The van der Waals surface area contributed by atoms with E-state index in [1.807, 2.05) is 45.0 Å². The topological polar surface area (TPSA) is 71.3 Å². The van der Waals surface area contributed by atoms with E-state index in [0.717, 1.165) is 5.56 Å². The number of nitrogens with one attached hydrogen (secondary N) is 1. The molecule has 1 unspecified atom stereocenters. The summed E-state index contributed by atoms with van der Waals surface area (Å²) in [4.78, 5) is 11.7. The Labute approximate surface area is 132 Å². The van der Waals surface area contributed by atoms with Gasteiger partial charge in [0.25, 0.3) is 0 Å². The first-order chi connectivity index (χ1) is 10.5. The summed E-state index contributed by atoms with van der Waals surface area (Å²) < 4.78 is 11.3. The number of hydrogen-bond acceptors (Lipinski definition) is 4. The first kappa shape index (κ1) is 17.8. The minimum Gasteiger partial charge on any atom is -0.490 e. The van der Waals surface area contributed by atoms with E-state index in [-0.39, 0.29) is 12.0 Å². The summed E-state index contributed by atoms with van der Waals surface area (Å²) in [5.41, 5.74) is 0.999. The van der Waals surface area contributed by atoms with Gasteiger partial charge in [-0.3, -0.25) is 4.79 Å². The fourth-order valence-electron chi connectivity index (χ4n) is 1.93. The summed E-state index contributed by atoms with van der Waals surface area (Å²) in [6.45, 7) is 8.05. The quantitative estimate of drug-likeness (QED) is 0.801. The van der Waals surface area contributed by atoms with Crippen molar-refractivity contribution in [2.24, 2.45) is 0 Å². The van der Waals surface area contributed by atoms with Gasteiger partial charge >= 0.3 is 0 Å². The highest BCUT2D eigenvalue weighted by molar-refractivity contribution is 5.76. The molecule has 0 aliphatic heterocycles. The molecular weight excluding hydrogens is 280 g/mol. The lowest BCUT2D eigenvalue weighted by atomic mass is 10.1. The molecule has 5 heteroatoms. The van der Waals surface area contributed by atoms with Gasteiger partial charge in [-0.05, 0) is 51.8 Å². The van der Waals surface area contributed by atoms with Gasteiger partial charge < -0.3 is 14.8 Å². The van der Waals surface area contributed by atoms with Crippen molar-refractivity contribution in [3.8, 4) is 17.6 Å². The molecule has 0 fully saturated rings. The Morgan fingerprint density at radius 2 is 2.05 bits per heavy atom. The van der Waals surface area contributed by atoms with E-state index in [4.69, 9.17) is 14.7 Å². The fourth-order valence-corrected chi connectivity index (χ4v) is 1.93. The van der Waals surface area contributed by atoms with Gasteiger partial charge in [0, 0.05) is 6.42 Å². The van der Waals surface area contributed by atoms with Gasteiger partial charge in [-0.2, -0.15) is 5.26 Å². The predicted molar refractivity (Wildman–Crippen MR) is 84.9 cm³/mol. The van der Waals surface area contributed by atoms with Gasteiger partial charge in [0.15, 0.2) is 11.5 Å². The van der Waals surface area contributed by atoms with Gasteiger partial charge in [0.1, 0.15) is 6.04 Å². The second kappa shape index (κ2) is 8.93. The smallest absolute Gasteiger partial charge is 0.221 e. The van der Waals surface area contributed by atoms with Gasteiger partial charge in [-0.1, -0.05) is 6.07 Å². The minimum absolute atomic E-state index is 0.0725. The highest BCUT2D eigenvalue weighted by atomic mass is 16.5. The van der Waals surface area contributed by atoms with Crippen LogP contribution in [0.5, 0.6) is 11.5 Å². The molecule has 1 amide bonds. The van der Waals surface area contributed by atoms with Crippen LogP contribution in [-0.2, 0) is 11.2 Å². The Morgan fingerprint density at radius 1 is 1.32 bits per heavy atom. The molecule has 120 valence electrons. The highest BCUT2D eigenvalue weighted by Crippen LogP contribution is 2.29. The standard InChI is InChI=1S/C17H24N2O3/c1-5-21-16-10-14(6-8-15(16)22-12(2)3)7-9-17(20)19-13(4)11-18/h6,8,10,12-13H,5,7,9H2,1-4H3,(H,19,20). The Balaban J connectivity index is 2.70. The van der Waals surface area contributed by atoms with Crippen LogP contribution < -0.4 is 14.8 Å². The molecule has 0 aromatic heterocycles. The highest BCUT2D eigenvalue weighted by Gasteiger charge is 2.10. The van der Waals surface area contributed by atoms with Crippen molar-refractivity contribution in [2.75, 3.05) is 6.61 Å². The zero-order valence-electron chi connectivity index (χ0n) is 13.7. The Hall–Kier alpha value is -2.22. The van der Waals surface area contributed by atoms with E-state index in [2.05, 4.69) is 5.32 Å². The number of amides is 1. The van der Waals surface area contributed by atoms with Crippen LogP contribution in [0.25, 0.3) is 0 Å². The molecule has 1 aromatic rings. The lowest BCUT2D eigenvalue weighted by Crippen LogP contribution is -2.31. The predicted octanol–water partition coefficient (Wildman–Crippen LogP) is 2.83. The Kier molecular flexibility index (Phi) is 7.24. The van der Waals surface area contributed by atoms with Crippen LogP contribution in [0.2, 0.25) is 0 Å². The average molecular weight is 304 g/mol. The van der Waals surface area contributed by atoms with E-state index >= 15 is 0 Å². The first-order valence-corrected chi connectivity index (χ1v) is 7.57. The van der Waals surface area contributed by atoms with Crippen LogP contribution >= 0.6 is 0 Å². The molecule has 0 saturated carbocycles. The molecule has 1 N–H and O–H groups in total. The molecule has 0 saturated heterocycles. The number of benzene rings is 1. The van der Waals surface area contributed by atoms with Gasteiger partial charge in [-0.15, -0.1) is 0 Å². The second-order valence-corrected chi connectivity index (χ2v) is 5.30. The van der Waals surface area contributed by atoms with Crippen LogP contribution in [0.15, 0.2) is 18.2 Å². The third-order valence-electron chi connectivity index (χ3n) is 2.88. The van der Waals surface area contributed by atoms with Crippen LogP contribution in [0.4, 0.5) is 0 Å². The molecular formula is C17H24N2O3. The zero-order chi connectivity index (χ0) is 16.5. The molecule has 0 heterocycles. The summed E-state index contributed by atoms with van der Waals surface area (Å²) in [7, 11) is 0. The maximum atomic E-state index is 11.7. The van der Waals surface area contributed by atoms with Crippen molar-refractivity contribution < 1.29 is 14.3 Å². The lowest BCUT2D eigenvalue weighted by Gasteiger charge is -2.15. The van der Waals surface area contributed by atoms with Gasteiger partial charge in [-0.25, -0.2) is 0 Å². The monoisotopic (exact) mass is 304 g/mol. The van der Waals surface area contributed by atoms with E-state index < -0.39 is 6.04 Å². The van der Waals surface area contributed by atoms with Crippen LogP contribution in [0.1, 0.15) is 39.7 Å². The second-order valence-electron chi connectivity index (χ2n) is 5.30. The lowest BCUT2D eigenvalue weighted by molar-refractivity contribution is -0.121. The normalized spacial score (nSPS) is 11.6. The molecule has 1 rings (SSSR count). The van der Waals surface area contributed by atoms with Crippen molar-refractivity contribution in [1.29, 1.82) is 5.26 Å². The maximum absolute atomic E-state index is 11.7. The number of nitriles is 1. The Bertz CT molecular complexity index is 535. The molecule has 1 aromatic carbocycles. The number of nitrogens with zero attached hydrogens (tertiary/aromatic N) is 1. The summed E-state index contributed by atoms with van der Waals surface area (Å²) in [5, 5.41) is 11.3. The average Bonchev–Trinajstić information content (AvgIpc) is 2.47. The third-order valence-corrected chi connectivity index (χ3v) is 2.88. The number of aryl methyl sites for hydroxylation is 1. The van der Waals surface area contributed by atoms with Crippen molar-refractivity contribution >= 4 is 5.91 Å². The first-order valence-electron chi connectivity index (χ1n) is 7.57. The molecule has 0 aliphatic rings. The summed E-state index contributed by atoms with van der Waals surface area (Å²) in [5.74, 6) is 1.28. The SMILES string of the molecule is CCOc1cc(CCC(=O)NC(C)C#N)ccc1OC(C)C. The molecule has 1 atom stereocenters. The molecule has 22 heavy (non-hydrogen) atoms. The summed E-state index contributed by atoms with van der Waals surface area (Å²) in [6, 6.07) is 7.22. The molecule has 0 aliphatic carbocycles. The van der Waals surface area contributed by atoms with Crippen molar-refractivity contribution in [3.63, 3.8) is 0 Å². The van der Waals surface area contributed by atoms with Crippen LogP contribution in [0, 0.1) is 11.3 Å². The maximum Gasteiger partial charge on any atom is 0.221 e. The number of ether oxygens (including phenoxy) is 2. The molecule has 0 spiro atoms. The number of rotatable bonds is 8. The minimum atomic E-state index is -0.465. The van der Waals surface area contributed by atoms with Crippen LogP contribution in [-0.4, -0.2) is 24.7 Å². The van der Waals surface area contributed by atoms with E-state index in [1.54, 1.807) is 6.92 Å². The van der Waals surface area contributed by atoms with Crippen molar-refractivity contribution in [2.45, 2.75) is 52.7 Å². The van der Waals surface area contributed by atoms with E-state index in [0.29, 0.717) is 30.9 Å². The molecule has 5 nitrogen and oxygen atoms in total. The molecule has 0 bridgehead atoms. The number of carbonyl (C=O) groups is 1. The van der Waals surface area contributed by atoms with Crippen molar-refractivity contribution in [1.82, 2.24) is 5.32 Å². The zero-order valence-corrected chi connectivity index (χ0v) is 13.7. The Morgan fingerprint density at radius 3 is 2.64 bits per heavy atom. The number of hydrogen-bond donors (Lipinski definition) is 1.